The zero-order valence-corrected chi connectivity index (χ0v) is 13.9. The quantitative estimate of drug-likeness (QED) is 0.715. The van der Waals surface area contributed by atoms with Crippen LogP contribution in [0.3, 0.4) is 0 Å². The number of alkyl halides is 3. The molecule has 10 heteroatoms. The van der Waals surface area contributed by atoms with E-state index in [1.807, 2.05) is 0 Å². The molecule has 6 nitrogen and oxygen atoms in total. The first-order chi connectivity index (χ1) is 9.87. The van der Waals surface area contributed by atoms with Crippen molar-refractivity contribution >= 4 is 15.9 Å². The highest BCUT2D eigenvalue weighted by atomic mass is 32.2. The average molecular weight is 345 g/mol. The van der Waals surface area contributed by atoms with Crippen LogP contribution in [0.15, 0.2) is 0 Å². The number of likely N-dealkylation sites (tertiary alicyclic amines) is 1. The maximum absolute atomic E-state index is 13.1. The van der Waals surface area contributed by atoms with Gasteiger partial charge in [0, 0.05) is 54.2 Å². The van der Waals surface area contributed by atoms with Gasteiger partial charge in [0.2, 0.25) is 15.9 Å². The Labute approximate surface area is 128 Å². The van der Waals surface area contributed by atoms with Crippen molar-refractivity contribution in [3.8, 4) is 0 Å². The monoisotopic (exact) mass is 345 g/mol. The second-order valence-corrected chi connectivity index (χ2v) is 8.18. The van der Waals surface area contributed by atoms with Gasteiger partial charge in [-0.25, -0.2) is 12.7 Å². The van der Waals surface area contributed by atoms with Gasteiger partial charge in [-0.15, -0.1) is 0 Å². The summed E-state index contributed by atoms with van der Waals surface area (Å²) in [5, 5.41) is -1.53. The van der Waals surface area contributed by atoms with E-state index in [2.05, 4.69) is 0 Å². The fourth-order valence-electron chi connectivity index (χ4n) is 2.40. The molecule has 0 aromatic rings. The number of hydrogen-bond acceptors (Lipinski definition) is 4. The number of hydrogen-bond donors (Lipinski definition) is 0. The number of rotatable bonds is 5. The van der Waals surface area contributed by atoms with Crippen LogP contribution in [0.25, 0.3) is 0 Å². The fourth-order valence-corrected chi connectivity index (χ4v) is 4.00. The molecule has 1 rings (SSSR count). The average Bonchev–Trinajstić information content (AvgIpc) is 2.80. The summed E-state index contributed by atoms with van der Waals surface area (Å²) < 4.78 is 64.4. The molecule has 1 aliphatic rings. The number of nitrogens with zero attached hydrogens (tertiary/aromatic N) is 3. The largest absolute Gasteiger partial charge is 0.394 e. The van der Waals surface area contributed by atoms with E-state index >= 15 is 0 Å². The summed E-state index contributed by atoms with van der Waals surface area (Å²) in [5.74, 6) is -2.14. The second-order valence-electron chi connectivity index (χ2n) is 5.81. The van der Waals surface area contributed by atoms with E-state index in [1.165, 1.54) is 23.9 Å². The van der Waals surface area contributed by atoms with Crippen LogP contribution in [0.2, 0.25) is 0 Å². The molecule has 2 atom stereocenters. The van der Waals surface area contributed by atoms with Gasteiger partial charge in [-0.1, -0.05) is 0 Å². The molecule has 0 N–H and O–H groups in total. The van der Waals surface area contributed by atoms with Crippen molar-refractivity contribution in [2.24, 2.45) is 5.92 Å². The summed E-state index contributed by atoms with van der Waals surface area (Å²) in [6.45, 7) is -0.504. The van der Waals surface area contributed by atoms with E-state index in [-0.39, 0.29) is 25.4 Å². The molecule has 22 heavy (non-hydrogen) atoms. The number of carbonyl (C=O) groups is 1. The van der Waals surface area contributed by atoms with E-state index in [0.717, 1.165) is 4.31 Å². The van der Waals surface area contributed by atoms with Crippen molar-refractivity contribution in [1.29, 1.82) is 0 Å². The molecule has 0 aromatic carbocycles. The van der Waals surface area contributed by atoms with E-state index in [0.29, 0.717) is 0 Å². The first kappa shape index (κ1) is 19.2. The van der Waals surface area contributed by atoms with Crippen molar-refractivity contribution in [3.05, 3.63) is 0 Å². The van der Waals surface area contributed by atoms with Crippen LogP contribution in [0.4, 0.5) is 13.2 Å². The lowest BCUT2D eigenvalue weighted by atomic mass is 10.1. The Morgan fingerprint density at radius 1 is 1.18 bits per heavy atom. The molecule has 0 unspecified atom stereocenters. The van der Waals surface area contributed by atoms with Crippen LogP contribution >= 0.6 is 0 Å². The van der Waals surface area contributed by atoms with E-state index in [9.17, 15) is 26.4 Å². The third-order valence-electron chi connectivity index (χ3n) is 3.79. The lowest BCUT2D eigenvalue weighted by molar-refractivity contribution is -0.169. The van der Waals surface area contributed by atoms with Gasteiger partial charge >= 0.3 is 6.18 Å². The minimum Gasteiger partial charge on any atom is -0.349 e. The highest BCUT2D eigenvalue weighted by Gasteiger charge is 2.54. The smallest absolute Gasteiger partial charge is 0.349 e. The summed E-state index contributed by atoms with van der Waals surface area (Å²) in [6, 6.07) is 0. The molecule has 0 radical (unpaired) electrons. The molecule has 0 aliphatic carbocycles. The minimum absolute atomic E-state index is 0.0618. The van der Waals surface area contributed by atoms with Crippen LogP contribution in [-0.2, 0) is 14.8 Å². The lowest BCUT2D eigenvalue weighted by Gasteiger charge is -2.24. The molecule has 0 saturated carbocycles. The molecule has 0 bridgehead atoms. The number of halogens is 3. The van der Waals surface area contributed by atoms with E-state index in [1.54, 1.807) is 14.1 Å². The van der Waals surface area contributed by atoms with Crippen LogP contribution in [0.5, 0.6) is 0 Å². The van der Waals surface area contributed by atoms with Gasteiger partial charge in [0.15, 0.2) is 0 Å². The Morgan fingerprint density at radius 2 is 1.73 bits per heavy atom. The van der Waals surface area contributed by atoms with Crippen molar-refractivity contribution in [2.45, 2.75) is 17.8 Å². The Hall–Kier alpha value is -0.870. The molecular formula is C12H22F3N3O3S. The van der Waals surface area contributed by atoms with Crippen molar-refractivity contribution in [3.63, 3.8) is 0 Å². The third kappa shape index (κ3) is 4.32. The summed E-state index contributed by atoms with van der Waals surface area (Å²) >= 11 is 0. The summed E-state index contributed by atoms with van der Waals surface area (Å²) in [4.78, 5) is 14.3. The predicted octanol–water partition coefficient (Wildman–Crippen LogP) is 0.219. The molecule has 1 amide bonds. The van der Waals surface area contributed by atoms with Gasteiger partial charge in [0.05, 0.1) is 5.92 Å². The molecule has 1 fully saturated rings. The van der Waals surface area contributed by atoms with Crippen LogP contribution in [0, 0.1) is 5.92 Å². The van der Waals surface area contributed by atoms with Gasteiger partial charge in [0.25, 0.3) is 0 Å². The zero-order chi connectivity index (χ0) is 17.3. The Morgan fingerprint density at radius 3 is 2.14 bits per heavy atom. The standard InChI is InChI=1S/C12H22F3N3O3S/c1-16(2)11(19)5-6-18-7-9(12(13,14)15)10(8-18)22(20,21)17(3)4/h9-10H,5-8H2,1-4H3/t9-,10-/m0/s1. The minimum atomic E-state index is -4.59. The highest BCUT2D eigenvalue weighted by Crippen LogP contribution is 2.37. The van der Waals surface area contributed by atoms with Crippen molar-refractivity contribution < 1.29 is 26.4 Å². The van der Waals surface area contributed by atoms with Gasteiger partial charge in [-0.05, 0) is 0 Å². The third-order valence-corrected chi connectivity index (χ3v) is 6.06. The molecule has 0 aromatic heterocycles. The predicted molar refractivity (Wildman–Crippen MR) is 75.7 cm³/mol. The topological polar surface area (TPSA) is 60.9 Å². The van der Waals surface area contributed by atoms with Gasteiger partial charge in [-0.3, -0.25) is 4.79 Å². The molecule has 1 aliphatic heterocycles. The van der Waals surface area contributed by atoms with Gasteiger partial charge in [-0.2, -0.15) is 13.2 Å². The van der Waals surface area contributed by atoms with Crippen LogP contribution < -0.4 is 0 Å². The second kappa shape index (κ2) is 6.71. The summed E-state index contributed by atoms with van der Waals surface area (Å²) in [5.41, 5.74) is 0. The maximum Gasteiger partial charge on any atom is 0.394 e. The van der Waals surface area contributed by atoms with Gasteiger partial charge < -0.3 is 9.80 Å². The first-order valence-electron chi connectivity index (χ1n) is 6.78. The van der Waals surface area contributed by atoms with Crippen LogP contribution in [0.1, 0.15) is 6.42 Å². The Balaban J connectivity index is 2.87. The van der Waals surface area contributed by atoms with Crippen LogP contribution in [-0.4, -0.2) is 87.7 Å². The first-order valence-corrected chi connectivity index (χ1v) is 8.28. The zero-order valence-electron chi connectivity index (χ0n) is 13.1. The highest BCUT2D eigenvalue weighted by molar-refractivity contribution is 7.89. The molecule has 0 spiro atoms. The Kier molecular flexibility index (Phi) is 5.85. The van der Waals surface area contributed by atoms with E-state index < -0.39 is 33.9 Å². The number of sulfonamides is 1. The lowest BCUT2D eigenvalue weighted by Crippen LogP contribution is -2.43. The molecule has 1 saturated heterocycles. The SMILES string of the molecule is CN(C)C(=O)CCN1C[C@H](C(F)(F)F)[C@@H](S(=O)(=O)N(C)C)C1. The molecule has 1 heterocycles. The fraction of sp³-hybridized carbons (Fsp3) is 0.917. The summed E-state index contributed by atoms with van der Waals surface area (Å²) in [7, 11) is 1.55. The summed E-state index contributed by atoms with van der Waals surface area (Å²) in [6.07, 6.45) is -4.53. The number of amides is 1. The number of carbonyl (C=O) groups excluding carboxylic acids is 1. The van der Waals surface area contributed by atoms with E-state index in [4.69, 9.17) is 0 Å². The Bertz CT molecular complexity index is 505. The van der Waals surface area contributed by atoms with Gasteiger partial charge in [0.1, 0.15) is 5.25 Å². The van der Waals surface area contributed by atoms with Crippen molar-refractivity contribution in [1.82, 2.24) is 14.1 Å². The normalized spacial score (nSPS) is 24.0. The maximum atomic E-state index is 13.1. The van der Waals surface area contributed by atoms with Crippen molar-refractivity contribution in [2.75, 3.05) is 47.8 Å². The molecular weight excluding hydrogens is 323 g/mol. The molecule has 130 valence electrons.